The fraction of sp³-hybridized carbons (Fsp3) is 0.600. The number of carbonyl (C=O) groups is 2. The molecule has 78 valence electrons. The number of aldehydes is 1. The fourth-order valence-electron chi connectivity index (χ4n) is 1.18. The molecule has 1 aliphatic rings. The van der Waals surface area contributed by atoms with Crippen molar-refractivity contribution >= 4 is 12.4 Å². The first-order valence-electron chi connectivity index (χ1n) is 4.55. The van der Waals surface area contributed by atoms with Crippen LogP contribution in [0, 0.1) is 0 Å². The van der Waals surface area contributed by atoms with E-state index in [1.807, 2.05) is 0 Å². The van der Waals surface area contributed by atoms with Gasteiger partial charge in [0.05, 0.1) is 0 Å². The summed E-state index contributed by atoms with van der Waals surface area (Å²) in [5, 5.41) is 0. The van der Waals surface area contributed by atoms with Crippen molar-refractivity contribution in [3.8, 4) is 0 Å². The predicted molar refractivity (Wildman–Crippen MR) is 51.9 cm³/mol. The summed E-state index contributed by atoms with van der Waals surface area (Å²) in [6.07, 6.45) is 3.76. The summed E-state index contributed by atoms with van der Waals surface area (Å²) in [7, 11) is 0. The van der Waals surface area contributed by atoms with Crippen LogP contribution in [0.25, 0.3) is 0 Å². The zero-order chi connectivity index (χ0) is 10.8. The Labute approximate surface area is 83.5 Å². The molecule has 14 heavy (non-hydrogen) atoms. The van der Waals surface area contributed by atoms with E-state index in [0.717, 1.165) is 6.29 Å². The number of nitrogens with zero attached hydrogens (tertiary/aromatic N) is 1. The van der Waals surface area contributed by atoms with E-state index in [9.17, 15) is 9.59 Å². The number of hydrogen-bond donors (Lipinski definition) is 0. The molecule has 4 heteroatoms. The van der Waals surface area contributed by atoms with Gasteiger partial charge in [0, 0.05) is 6.54 Å². The van der Waals surface area contributed by atoms with Gasteiger partial charge in [-0.2, -0.15) is 0 Å². The highest BCUT2D eigenvalue weighted by atomic mass is 16.6. The minimum absolute atomic E-state index is 0.443. The normalized spacial score (nSPS) is 21.1. The van der Waals surface area contributed by atoms with Crippen molar-refractivity contribution < 1.29 is 14.3 Å². The molecule has 0 aromatic heterocycles. The number of hydrogen-bond acceptors (Lipinski definition) is 3. The average Bonchev–Trinajstić information content (AvgIpc) is 2.47. The summed E-state index contributed by atoms with van der Waals surface area (Å²) >= 11 is 0. The lowest BCUT2D eigenvalue weighted by Crippen LogP contribution is -2.40. The van der Waals surface area contributed by atoms with Gasteiger partial charge in [-0.15, -0.1) is 0 Å². The van der Waals surface area contributed by atoms with Gasteiger partial charge in [0.15, 0.2) is 0 Å². The molecule has 1 atom stereocenters. The maximum absolute atomic E-state index is 11.5. The summed E-state index contributed by atoms with van der Waals surface area (Å²) in [6, 6.07) is -0.468. The molecule has 0 N–H and O–H groups in total. The van der Waals surface area contributed by atoms with Crippen molar-refractivity contribution in [3.63, 3.8) is 0 Å². The minimum atomic E-state index is -0.521. The minimum Gasteiger partial charge on any atom is -0.444 e. The molecule has 0 saturated heterocycles. The van der Waals surface area contributed by atoms with Crippen molar-refractivity contribution in [2.45, 2.75) is 32.4 Å². The predicted octanol–water partition coefficient (Wildman–Crippen LogP) is 1.36. The van der Waals surface area contributed by atoms with Crippen LogP contribution in [0.4, 0.5) is 4.79 Å². The Hall–Kier alpha value is -1.32. The lowest BCUT2D eigenvalue weighted by Gasteiger charge is -2.26. The van der Waals surface area contributed by atoms with Crippen LogP contribution in [0.5, 0.6) is 0 Å². The molecule has 0 spiro atoms. The van der Waals surface area contributed by atoms with Gasteiger partial charge in [-0.25, -0.2) is 4.79 Å². The molecule has 1 aliphatic heterocycles. The molecule has 1 heterocycles. The van der Waals surface area contributed by atoms with Crippen molar-refractivity contribution in [3.05, 3.63) is 12.2 Å². The van der Waals surface area contributed by atoms with E-state index in [1.54, 1.807) is 32.9 Å². The quantitative estimate of drug-likeness (QED) is 0.471. The van der Waals surface area contributed by atoms with Gasteiger partial charge < -0.3 is 9.53 Å². The second-order valence-electron chi connectivity index (χ2n) is 4.19. The third-order valence-electron chi connectivity index (χ3n) is 1.76. The van der Waals surface area contributed by atoms with Gasteiger partial charge in [-0.3, -0.25) is 4.90 Å². The molecule has 0 aromatic carbocycles. The van der Waals surface area contributed by atoms with Crippen molar-refractivity contribution in [2.24, 2.45) is 0 Å². The smallest absolute Gasteiger partial charge is 0.411 e. The Morgan fingerprint density at radius 1 is 1.57 bits per heavy atom. The van der Waals surface area contributed by atoms with Crippen LogP contribution in [0.2, 0.25) is 0 Å². The number of carbonyl (C=O) groups excluding carboxylic acids is 2. The van der Waals surface area contributed by atoms with E-state index in [0.29, 0.717) is 6.54 Å². The van der Waals surface area contributed by atoms with Crippen molar-refractivity contribution in [1.82, 2.24) is 4.90 Å². The maximum Gasteiger partial charge on any atom is 0.411 e. The Balaban J connectivity index is 2.58. The first kappa shape index (κ1) is 10.8. The zero-order valence-corrected chi connectivity index (χ0v) is 8.69. The van der Waals surface area contributed by atoms with Crippen LogP contribution < -0.4 is 0 Å². The molecule has 0 fully saturated rings. The Bertz CT molecular complexity index is 265. The molecule has 0 aromatic rings. The second-order valence-corrected chi connectivity index (χ2v) is 4.19. The molecule has 0 radical (unpaired) electrons. The van der Waals surface area contributed by atoms with Crippen molar-refractivity contribution in [2.75, 3.05) is 6.54 Å². The third-order valence-corrected chi connectivity index (χ3v) is 1.76. The summed E-state index contributed by atoms with van der Waals surface area (Å²) in [6.45, 7) is 5.83. The molecular weight excluding hydrogens is 182 g/mol. The van der Waals surface area contributed by atoms with Crippen LogP contribution in [-0.4, -0.2) is 35.5 Å². The Morgan fingerprint density at radius 3 is 2.71 bits per heavy atom. The molecule has 0 saturated carbocycles. The summed E-state index contributed by atoms with van der Waals surface area (Å²) in [4.78, 5) is 23.5. The lowest BCUT2D eigenvalue weighted by atomic mass is 10.2. The van der Waals surface area contributed by atoms with Gasteiger partial charge in [0.25, 0.3) is 0 Å². The summed E-state index contributed by atoms with van der Waals surface area (Å²) in [5.74, 6) is 0. The molecule has 0 bridgehead atoms. The van der Waals surface area contributed by atoms with E-state index in [2.05, 4.69) is 0 Å². The van der Waals surface area contributed by atoms with Crippen LogP contribution in [-0.2, 0) is 9.53 Å². The molecule has 1 rings (SSSR count). The Kier molecular flexibility index (Phi) is 2.93. The first-order chi connectivity index (χ1) is 6.44. The lowest BCUT2D eigenvalue weighted by molar-refractivity contribution is -0.110. The van der Waals surface area contributed by atoms with E-state index >= 15 is 0 Å². The standard InChI is InChI=1S/C10H15NO3/c1-10(2,3)14-9(13)11-6-4-5-8(11)7-12/h4-5,7-8H,6H2,1-3H3. The van der Waals surface area contributed by atoms with Gasteiger partial charge in [-0.05, 0) is 20.8 Å². The highest BCUT2D eigenvalue weighted by Gasteiger charge is 2.28. The maximum atomic E-state index is 11.5. The molecule has 4 nitrogen and oxygen atoms in total. The second kappa shape index (κ2) is 3.82. The third kappa shape index (κ3) is 2.58. The zero-order valence-electron chi connectivity index (χ0n) is 8.69. The van der Waals surface area contributed by atoms with Gasteiger partial charge in [0.1, 0.15) is 17.9 Å². The van der Waals surface area contributed by atoms with Crippen LogP contribution in [0.1, 0.15) is 20.8 Å². The highest BCUT2D eigenvalue weighted by molar-refractivity contribution is 5.76. The Morgan fingerprint density at radius 2 is 2.21 bits per heavy atom. The van der Waals surface area contributed by atoms with E-state index in [1.165, 1.54) is 4.90 Å². The van der Waals surface area contributed by atoms with Crippen molar-refractivity contribution in [1.29, 1.82) is 0 Å². The van der Waals surface area contributed by atoms with E-state index in [-0.39, 0.29) is 0 Å². The highest BCUT2D eigenvalue weighted by Crippen LogP contribution is 2.14. The molecule has 1 amide bonds. The SMILES string of the molecule is CC(C)(C)OC(=O)N1CC=CC1C=O. The monoisotopic (exact) mass is 197 g/mol. The largest absolute Gasteiger partial charge is 0.444 e. The number of ether oxygens (including phenoxy) is 1. The number of rotatable bonds is 1. The van der Waals surface area contributed by atoms with Crippen LogP contribution >= 0.6 is 0 Å². The van der Waals surface area contributed by atoms with Crippen LogP contribution in [0.15, 0.2) is 12.2 Å². The van der Waals surface area contributed by atoms with Crippen LogP contribution in [0.3, 0.4) is 0 Å². The molecule has 0 aliphatic carbocycles. The molecule has 1 unspecified atom stereocenters. The topological polar surface area (TPSA) is 46.6 Å². The van der Waals surface area contributed by atoms with E-state index in [4.69, 9.17) is 4.74 Å². The van der Waals surface area contributed by atoms with Gasteiger partial charge in [0.2, 0.25) is 0 Å². The molecular formula is C10H15NO3. The van der Waals surface area contributed by atoms with Gasteiger partial charge in [-0.1, -0.05) is 12.2 Å². The average molecular weight is 197 g/mol. The number of amides is 1. The first-order valence-corrected chi connectivity index (χ1v) is 4.55. The van der Waals surface area contributed by atoms with Gasteiger partial charge >= 0.3 is 6.09 Å². The fourth-order valence-corrected chi connectivity index (χ4v) is 1.18. The summed E-state index contributed by atoms with van der Waals surface area (Å²) in [5.41, 5.74) is -0.521. The van der Waals surface area contributed by atoms with E-state index < -0.39 is 17.7 Å². The summed E-state index contributed by atoms with van der Waals surface area (Å²) < 4.78 is 5.14.